The van der Waals surface area contributed by atoms with Gasteiger partial charge in [0.2, 0.25) is 0 Å². The van der Waals surface area contributed by atoms with Gasteiger partial charge in [0.25, 0.3) is 0 Å². The molecule has 1 aliphatic heterocycles. The van der Waals surface area contributed by atoms with E-state index in [0.717, 1.165) is 6.61 Å². The zero-order chi connectivity index (χ0) is 5.33. The SMILES string of the molecule is CCC[C@@]1(C)CO1. The van der Waals surface area contributed by atoms with Gasteiger partial charge in [-0.3, -0.25) is 0 Å². The molecule has 0 saturated carbocycles. The van der Waals surface area contributed by atoms with E-state index in [-0.39, 0.29) is 0 Å². The Kier molecular flexibility index (Phi) is 1.08. The van der Waals surface area contributed by atoms with E-state index in [9.17, 15) is 0 Å². The molecule has 42 valence electrons. The van der Waals surface area contributed by atoms with Crippen molar-refractivity contribution in [3.05, 3.63) is 0 Å². The van der Waals surface area contributed by atoms with Gasteiger partial charge in [-0.15, -0.1) is 0 Å². The maximum Gasteiger partial charge on any atom is 0.0888 e. The predicted octanol–water partition coefficient (Wildman–Crippen LogP) is 1.58. The van der Waals surface area contributed by atoms with E-state index in [1.807, 2.05) is 0 Å². The van der Waals surface area contributed by atoms with Gasteiger partial charge in [-0.05, 0) is 13.3 Å². The fourth-order valence-corrected chi connectivity index (χ4v) is 0.796. The molecular weight excluding hydrogens is 88.1 g/mol. The highest BCUT2D eigenvalue weighted by Crippen LogP contribution is 2.30. The van der Waals surface area contributed by atoms with Crippen molar-refractivity contribution in [3.63, 3.8) is 0 Å². The standard InChI is InChI=1S/C6H12O/c1-3-4-6(2)5-7-6/h3-5H2,1-2H3/t6-/m0/s1. The van der Waals surface area contributed by atoms with Crippen LogP contribution in [0.2, 0.25) is 0 Å². The normalized spacial score (nSPS) is 38.6. The first kappa shape index (κ1) is 5.10. The molecule has 0 unspecified atom stereocenters. The molecule has 0 aromatic rings. The van der Waals surface area contributed by atoms with Gasteiger partial charge < -0.3 is 4.74 Å². The van der Waals surface area contributed by atoms with Crippen LogP contribution in [0, 0.1) is 0 Å². The lowest BCUT2D eigenvalue weighted by Crippen LogP contribution is -2.01. The second kappa shape index (κ2) is 1.48. The summed E-state index contributed by atoms with van der Waals surface area (Å²) in [5.74, 6) is 0. The molecule has 7 heavy (non-hydrogen) atoms. The summed E-state index contributed by atoms with van der Waals surface area (Å²) in [5, 5.41) is 0. The molecule has 1 heteroatoms. The Morgan fingerprint density at radius 3 is 2.43 bits per heavy atom. The minimum absolute atomic E-state index is 0.300. The van der Waals surface area contributed by atoms with Crippen LogP contribution in [0.1, 0.15) is 26.7 Å². The second-order valence-corrected chi connectivity index (χ2v) is 2.49. The van der Waals surface area contributed by atoms with Gasteiger partial charge in [0.05, 0.1) is 12.2 Å². The van der Waals surface area contributed by atoms with Crippen molar-refractivity contribution in [2.45, 2.75) is 32.3 Å². The molecule has 1 fully saturated rings. The molecule has 0 amide bonds. The quantitative estimate of drug-likeness (QED) is 0.480. The molecular formula is C6H12O. The number of ether oxygens (including phenoxy) is 1. The Morgan fingerprint density at radius 2 is 2.29 bits per heavy atom. The van der Waals surface area contributed by atoms with Gasteiger partial charge >= 0.3 is 0 Å². The van der Waals surface area contributed by atoms with Gasteiger partial charge in [0, 0.05) is 0 Å². The monoisotopic (exact) mass is 100 g/mol. The van der Waals surface area contributed by atoms with Crippen LogP contribution in [0.5, 0.6) is 0 Å². The van der Waals surface area contributed by atoms with Gasteiger partial charge in [-0.2, -0.15) is 0 Å². The molecule has 0 spiro atoms. The zero-order valence-corrected chi connectivity index (χ0v) is 5.03. The summed E-state index contributed by atoms with van der Waals surface area (Å²) >= 11 is 0. The largest absolute Gasteiger partial charge is 0.370 e. The van der Waals surface area contributed by atoms with Crippen LogP contribution >= 0.6 is 0 Å². The van der Waals surface area contributed by atoms with E-state index in [4.69, 9.17) is 4.74 Å². The number of rotatable bonds is 2. The summed E-state index contributed by atoms with van der Waals surface area (Å²) in [6.45, 7) is 5.34. The van der Waals surface area contributed by atoms with Crippen LogP contribution in [0.25, 0.3) is 0 Å². The van der Waals surface area contributed by atoms with Crippen molar-refractivity contribution in [1.82, 2.24) is 0 Å². The smallest absolute Gasteiger partial charge is 0.0888 e. The second-order valence-electron chi connectivity index (χ2n) is 2.49. The highest BCUT2D eigenvalue weighted by atomic mass is 16.6. The van der Waals surface area contributed by atoms with Gasteiger partial charge in [0.1, 0.15) is 0 Å². The fraction of sp³-hybridized carbons (Fsp3) is 1.00. The first-order chi connectivity index (χ1) is 3.27. The van der Waals surface area contributed by atoms with Crippen LogP contribution in [0.15, 0.2) is 0 Å². The fourth-order valence-electron chi connectivity index (χ4n) is 0.796. The van der Waals surface area contributed by atoms with Crippen molar-refractivity contribution >= 4 is 0 Å². The minimum atomic E-state index is 0.300. The first-order valence-electron chi connectivity index (χ1n) is 2.91. The molecule has 1 aliphatic rings. The van der Waals surface area contributed by atoms with Crippen LogP contribution in [-0.2, 0) is 4.74 Å². The lowest BCUT2D eigenvalue weighted by atomic mass is 10.1. The summed E-state index contributed by atoms with van der Waals surface area (Å²) in [5.41, 5.74) is 0.300. The van der Waals surface area contributed by atoms with Gasteiger partial charge in [-0.1, -0.05) is 13.3 Å². The van der Waals surface area contributed by atoms with Crippen molar-refractivity contribution in [2.24, 2.45) is 0 Å². The summed E-state index contributed by atoms with van der Waals surface area (Å²) in [7, 11) is 0. The van der Waals surface area contributed by atoms with Gasteiger partial charge in [0.15, 0.2) is 0 Å². The molecule has 0 radical (unpaired) electrons. The Morgan fingerprint density at radius 1 is 1.71 bits per heavy atom. The topological polar surface area (TPSA) is 12.5 Å². The molecule has 0 bridgehead atoms. The highest BCUT2D eigenvalue weighted by Gasteiger charge is 2.37. The van der Waals surface area contributed by atoms with Crippen LogP contribution in [0.3, 0.4) is 0 Å². The molecule has 1 nitrogen and oxygen atoms in total. The van der Waals surface area contributed by atoms with Crippen LogP contribution in [-0.4, -0.2) is 12.2 Å². The van der Waals surface area contributed by atoms with E-state index >= 15 is 0 Å². The summed E-state index contributed by atoms with van der Waals surface area (Å²) in [4.78, 5) is 0. The van der Waals surface area contributed by atoms with E-state index in [1.165, 1.54) is 12.8 Å². The average molecular weight is 100 g/mol. The van der Waals surface area contributed by atoms with E-state index in [2.05, 4.69) is 13.8 Å². The van der Waals surface area contributed by atoms with Crippen molar-refractivity contribution in [3.8, 4) is 0 Å². The van der Waals surface area contributed by atoms with Crippen molar-refractivity contribution in [2.75, 3.05) is 6.61 Å². The third-order valence-corrected chi connectivity index (χ3v) is 1.42. The number of epoxide rings is 1. The lowest BCUT2D eigenvalue weighted by molar-refractivity contribution is 0.307. The molecule has 0 N–H and O–H groups in total. The maximum absolute atomic E-state index is 5.14. The molecule has 0 aliphatic carbocycles. The Labute approximate surface area is 44.7 Å². The Hall–Kier alpha value is -0.0400. The van der Waals surface area contributed by atoms with Crippen LogP contribution in [0.4, 0.5) is 0 Å². The van der Waals surface area contributed by atoms with Crippen molar-refractivity contribution < 1.29 is 4.74 Å². The summed E-state index contributed by atoms with van der Waals surface area (Å²) in [6, 6.07) is 0. The molecule has 1 heterocycles. The zero-order valence-electron chi connectivity index (χ0n) is 5.03. The summed E-state index contributed by atoms with van der Waals surface area (Å²) < 4.78 is 5.14. The number of hydrogen-bond acceptors (Lipinski definition) is 1. The minimum Gasteiger partial charge on any atom is -0.370 e. The number of hydrogen-bond donors (Lipinski definition) is 0. The third kappa shape index (κ3) is 1.16. The highest BCUT2D eigenvalue weighted by molar-refractivity contribution is 4.85. The predicted molar refractivity (Wildman–Crippen MR) is 29.3 cm³/mol. The van der Waals surface area contributed by atoms with Crippen LogP contribution < -0.4 is 0 Å². The van der Waals surface area contributed by atoms with E-state index in [0.29, 0.717) is 5.60 Å². The van der Waals surface area contributed by atoms with E-state index in [1.54, 1.807) is 0 Å². The lowest BCUT2D eigenvalue weighted by Gasteiger charge is -1.97. The van der Waals surface area contributed by atoms with Gasteiger partial charge in [-0.25, -0.2) is 0 Å². The molecule has 0 aromatic heterocycles. The molecule has 0 aromatic carbocycles. The molecule has 1 saturated heterocycles. The molecule has 1 rings (SSSR count). The Bertz CT molecular complexity index is 64.6. The molecule has 1 atom stereocenters. The average Bonchev–Trinajstić information content (AvgIpc) is 2.22. The Balaban J connectivity index is 2.13. The third-order valence-electron chi connectivity index (χ3n) is 1.42. The maximum atomic E-state index is 5.14. The summed E-state index contributed by atoms with van der Waals surface area (Å²) in [6.07, 6.45) is 2.48. The van der Waals surface area contributed by atoms with E-state index < -0.39 is 0 Å². The van der Waals surface area contributed by atoms with Crippen molar-refractivity contribution in [1.29, 1.82) is 0 Å². The first-order valence-corrected chi connectivity index (χ1v) is 2.91.